The molecule has 5 amide bonds. The zero-order valence-corrected chi connectivity index (χ0v) is 25.4. The molecule has 1 saturated heterocycles. The van der Waals surface area contributed by atoms with E-state index < -0.39 is 42.3 Å². The van der Waals surface area contributed by atoms with E-state index in [-0.39, 0.29) is 42.7 Å². The van der Waals surface area contributed by atoms with Crippen LogP contribution in [-0.4, -0.2) is 113 Å². The second-order valence-electron chi connectivity index (χ2n) is 11.3. The number of pyridine rings is 1. The molecular formula is C31H37N5O9. The predicted octanol–water partition coefficient (Wildman–Crippen LogP) is 2.47. The minimum Gasteiger partial charge on any atom is -0.481 e. The Hall–Kier alpha value is -4.72. The van der Waals surface area contributed by atoms with Crippen molar-refractivity contribution < 1.29 is 43.3 Å². The van der Waals surface area contributed by atoms with Crippen molar-refractivity contribution in [3.05, 3.63) is 58.8 Å². The lowest BCUT2D eigenvalue weighted by atomic mass is 10.0. The Kier molecular flexibility index (Phi) is 9.51. The molecule has 14 nitrogen and oxygen atoms in total. The third kappa shape index (κ3) is 7.00. The van der Waals surface area contributed by atoms with E-state index in [1.807, 2.05) is 13.0 Å². The number of benzene rings is 1. The number of aromatic nitrogens is 1. The maximum absolute atomic E-state index is 14.1. The van der Waals surface area contributed by atoms with Gasteiger partial charge < -0.3 is 34.4 Å². The maximum atomic E-state index is 14.1. The maximum Gasteiger partial charge on any atom is 0.407 e. The number of alkyl carbamates (subject to hydrolysis) is 1. The van der Waals surface area contributed by atoms with E-state index >= 15 is 0 Å². The molecule has 3 atom stereocenters. The van der Waals surface area contributed by atoms with Crippen LogP contribution in [0, 0.1) is 0 Å². The molecular weight excluding hydrogens is 586 g/mol. The average Bonchev–Trinajstić information content (AvgIpc) is 3.86. The summed E-state index contributed by atoms with van der Waals surface area (Å²) in [5.41, 5.74) is 2.06. The summed E-state index contributed by atoms with van der Waals surface area (Å²) in [5.74, 6) is -0.953. The van der Waals surface area contributed by atoms with Gasteiger partial charge in [0, 0.05) is 24.3 Å². The minimum atomic E-state index is -1.22. The zero-order chi connectivity index (χ0) is 32.2. The summed E-state index contributed by atoms with van der Waals surface area (Å²) in [6.45, 7) is 1.82. The van der Waals surface area contributed by atoms with Gasteiger partial charge in [0.05, 0.1) is 57.1 Å². The van der Waals surface area contributed by atoms with E-state index in [4.69, 9.17) is 9.47 Å². The van der Waals surface area contributed by atoms with Gasteiger partial charge in [0.15, 0.2) is 6.10 Å². The third-order valence-corrected chi connectivity index (χ3v) is 8.22. The van der Waals surface area contributed by atoms with Gasteiger partial charge in [-0.1, -0.05) is 12.1 Å². The number of hydrogen-bond donors (Lipinski definition) is 2. The molecule has 5 rings (SSSR count). The quantitative estimate of drug-likeness (QED) is 0.280. The van der Waals surface area contributed by atoms with Crippen molar-refractivity contribution in [3.8, 4) is 5.88 Å². The first-order valence-electron chi connectivity index (χ1n) is 14.9. The molecule has 1 saturated carbocycles. The molecule has 3 aliphatic rings. The van der Waals surface area contributed by atoms with Gasteiger partial charge in [0.25, 0.3) is 17.7 Å². The number of methoxy groups -OCH3 is 2. The van der Waals surface area contributed by atoms with Crippen LogP contribution in [0.15, 0.2) is 36.4 Å². The number of hydrogen-bond acceptors (Lipinski definition) is 9. The number of ether oxygens (including phenoxy) is 3. The standard InChI is InChI=1S/C31H37N5O9/c1-18(19-13-20(33-26(14-19)43-2)7-6-12-32-30(40)44-3)36(21-10-11-21)29(39)25-17-34(31(41)42)15-22(45-25)16-35-27(37)23-8-4-5-9-24(23)28(35)38/h4-5,8-9,13-14,18,21-22,25H,6-7,10-12,15-17H2,1-3H3,(H,32,40)(H,41,42)/t18-,22+,25-/m1/s1. The first-order chi connectivity index (χ1) is 21.6. The van der Waals surface area contributed by atoms with Crippen LogP contribution in [0.25, 0.3) is 0 Å². The monoisotopic (exact) mass is 623 g/mol. The Labute approximate surface area is 260 Å². The Morgan fingerprint density at radius 3 is 2.40 bits per heavy atom. The number of nitrogens with zero attached hydrogens (tertiary/aromatic N) is 4. The fraction of sp³-hybridized carbons (Fsp3) is 0.484. The second-order valence-corrected chi connectivity index (χ2v) is 11.3. The highest BCUT2D eigenvalue weighted by Crippen LogP contribution is 2.37. The van der Waals surface area contributed by atoms with Gasteiger partial charge in [-0.3, -0.25) is 19.3 Å². The van der Waals surface area contributed by atoms with E-state index in [9.17, 15) is 29.1 Å². The molecule has 0 unspecified atom stereocenters. The number of carboxylic acid groups (broad SMARTS) is 1. The van der Waals surface area contributed by atoms with Crippen LogP contribution in [0.5, 0.6) is 5.88 Å². The van der Waals surface area contributed by atoms with Gasteiger partial charge in [0.1, 0.15) is 0 Å². The molecule has 2 fully saturated rings. The molecule has 14 heteroatoms. The van der Waals surface area contributed by atoms with E-state index in [1.54, 1.807) is 35.2 Å². The predicted molar refractivity (Wildman–Crippen MR) is 158 cm³/mol. The van der Waals surface area contributed by atoms with E-state index in [1.165, 1.54) is 14.2 Å². The van der Waals surface area contributed by atoms with E-state index in [0.29, 0.717) is 25.3 Å². The summed E-state index contributed by atoms with van der Waals surface area (Å²) < 4.78 is 16.2. The van der Waals surface area contributed by atoms with Gasteiger partial charge in [-0.05, 0) is 56.4 Å². The molecule has 0 radical (unpaired) electrons. The van der Waals surface area contributed by atoms with Gasteiger partial charge >= 0.3 is 12.2 Å². The molecule has 0 spiro atoms. The minimum absolute atomic E-state index is 0.0575. The summed E-state index contributed by atoms with van der Waals surface area (Å²) in [5, 5.41) is 12.5. The molecule has 1 aromatic carbocycles. The molecule has 1 aromatic heterocycles. The van der Waals surface area contributed by atoms with Crippen molar-refractivity contribution in [1.82, 2.24) is 25.0 Å². The highest BCUT2D eigenvalue weighted by molar-refractivity contribution is 6.21. The Morgan fingerprint density at radius 2 is 1.80 bits per heavy atom. The molecule has 2 aromatic rings. The number of amides is 5. The molecule has 3 heterocycles. The number of nitrogens with one attached hydrogen (secondary N) is 1. The van der Waals surface area contributed by atoms with Gasteiger partial charge in [-0.25, -0.2) is 14.6 Å². The van der Waals surface area contributed by atoms with Gasteiger partial charge in [-0.15, -0.1) is 0 Å². The zero-order valence-electron chi connectivity index (χ0n) is 25.4. The summed E-state index contributed by atoms with van der Waals surface area (Å²) in [4.78, 5) is 71.9. The van der Waals surface area contributed by atoms with E-state index in [2.05, 4.69) is 15.0 Å². The number of fused-ring (bicyclic) bond motifs is 1. The molecule has 2 aliphatic heterocycles. The van der Waals surface area contributed by atoms with Crippen molar-refractivity contribution in [3.63, 3.8) is 0 Å². The smallest absolute Gasteiger partial charge is 0.407 e. The normalized spacial score (nSPS) is 20.0. The topological polar surface area (TPSA) is 168 Å². The number of carbonyl (C=O) groups excluding carboxylic acids is 4. The number of carbonyl (C=O) groups is 5. The molecule has 45 heavy (non-hydrogen) atoms. The summed E-state index contributed by atoms with van der Waals surface area (Å²) in [7, 11) is 2.81. The van der Waals surface area contributed by atoms with Crippen molar-refractivity contribution in [2.24, 2.45) is 0 Å². The van der Waals surface area contributed by atoms with Gasteiger partial charge in [-0.2, -0.15) is 0 Å². The van der Waals surface area contributed by atoms with Crippen LogP contribution in [0.4, 0.5) is 9.59 Å². The van der Waals surface area contributed by atoms with Crippen LogP contribution in [0.3, 0.4) is 0 Å². The van der Waals surface area contributed by atoms with Crippen LogP contribution in [0.2, 0.25) is 0 Å². The highest BCUT2D eigenvalue weighted by Gasteiger charge is 2.45. The molecule has 2 N–H and O–H groups in total. The number of aryl methyl sites for hydroxylation is 1. The molecule has 240 valence electrons. The summed E-state index contributed by atoms with van der Waals surface area (Å²) >= 11 is 0. The first kappa shape index (κ1) is 31.7. The van der Waals surface area contributed by atoms with Gasteiger partial charge in [0.2, 0.25) is 5.88 Å². The lowest BCUT2D eigenvalue weighted by Gasteiger charge is -2.40. The number of imide groups is 1. The van der Waals surface area contributed by atoms with Crippen molar-refractivity contribution in [1.29, 1.82) is 0 Å². The van der Waals surface area contributed by atoms with Crippen molar-refractivity contribution in [2.75, 3.05) is 40.4 Å². The Bertz CT molecular complexity index is 1440. The van der Waals surface area contributed by atoms with E-state index in [0.717, 1.165) is 33.9 Å². The summed E-state index contributed by atoms with van der Waals surface area (Å²) in [6, 6.07) is 9.66. The fourth-order valence-electron chi connectivity index (χ4n) is 5.80. The average molecular weight is 624 g/mol. The summed E-state index contributed by atoms with van der Waals surface area (Å²) in [6.07, 6.45) is -1.05. The van der Waals surface area contributed by atoms with Crippen molar-refractivity contribution >= 4 is 29.9 Å². The van der Waals surface area contributed by atoms with Crippen LogP contribution in [-0.2, 0) is 20.7 Å². The van der Waals surface area contributed by atoms with Crippen LogP contribution in [0.1, 0.15) is 64.2 Å². The SMILES string of the molecule is COC(=O)NCCCc1cc([C@@H](C)N(C(=O)[C@H]2CN(C(=O)O)C[C@@H](CN3C(=O)c4ccccc4C3=O)O2)C2CC2)cc(OC)n1. The number of rotatable bonds is 11. The largest absolute Gasteiger partial charge is 0.481 e. The molecule has 0 bridgehead atoms. The lowest BCUT2D eigenvalue weighted by Crippen LogP contribution is -2.58. The van der Waals surface area contributed by atoms with Crippen LogP contribution < -0.4 is 10.1 Å². The molecule has 1 aliphatic carbocycles. The van der Waals surface area contributed by atoms with Crippen molar-refractivity contribution in [2.45, 2.75) is 56.9 Å². The Balaban J connectivity index is 1.32. The number of morpholine rings is 1. The lowest BCUT2D eigenvalue weighted by molar-refractivity contribution is -0.159. The highest BCUT2D eigenvalue weighted by atomic mass is 16.5. The fourth-order valence-corrected chi connectivity index (χ4v) is 5.80. The first-order valence-corrected chi connectivity index (χ1v) is 14.9. The Morgan fingerprint density at radius 1 is 1.11 bits per heavy atom. The van der Waals surface area contributed by atoms with Crippen LogP contribution >= 0.6 is 0 Å². The third-order valence-electron chi connectivity index (χ3n) is 8.22. The second kappa shape index (κ2) is 13.5.